The maximum atomic E-state index is 3.89. The Kier molecular flexibility index (Phi) is 2.70. The minimum atomic E-state index is 1.06. The molecule has 0 fully saturated rings. The second-order valence-electron chi connectivity index (χ2n) is 2.67. The van der Waals surface area contributed by atoms with Crippen molar-refractivity contribution in [1.29, 1.82) is 0 Å². The van der Waals surface area contributed by atoms with E-state index in [1.165, 1.54) is 0 Å². The van der Waals surface area contributed by atoms with Crippen molar-refractivity contribution in [1.82, 2.24) is 0 Å². The van der Waals surface area contributed by atoms with Gasteiger partial charge in [-0.05, 0) is 24.8 Å². The Morgan fingerprint density at radius 2 is 2.08 bits per heavy atom. The van der Waals surface area contributed by atoms with E-state index in [2.05, 4.69) is 18.5 Å². The third kappa shape index (κ3) is 1.76. The number of benzene rings is 1. The highest BCUT2D eigenvalue weighted by atomic mass is 14.8. The Morgan fingerprint density at radius 1 is 1.42 bits per heavy atom. The SMILES string of the molecule is C=CNc1ccccc1C(=C)C. The highest BCUT2D eigenvalue weighted by Gasteiger charge is 1.98. The Bertz CT molecular complexity index is 300. The summed E-state index contributed by atoms with van der Waals surface area (Å²) in [4.78, 5) is 0. The van der Waals surface area contributed by atoms with E-state index in [4.69, 9.17) is 0 Å². The summed E-state index contributed by atoms with van der Waals surface area (Å²) in [6.45, 7) is 9.50. The van der Waals surface area contributed by atoms with Crippen LogP contribution in [0.5, 0.6) is 0 Å². The van der Waals surface area contributed by atoms with E-state index in [1.54, 1.807) is 6.20 Å². The molecule has 0 atom stereocenters. The van der Waals surface area contributed by atoms with Crippen LogP contribution in [0.1, 0.15) is 12.5 Å². The summed E-state index contributed by atoms with van der Waals surface area (Å²) < 4.78 is 0. The van der Waals surface area contributed by atoms with Crippen LogP contribution in [0.2, 0.25) is 0 Å². The third-order valence-electron chi connectivity index (χ3n) is 1.64. The van der Waals surface area contributed by atoms with Gasteiger partial charge in [0.2, 0.25) is 0 Å². The highest BCUT2D eigenvalue weighted by molar-refractivity contribution is 5.74. The van der Waals surface area contributed by atoms with Crippen molar-refractivity contribution in [3.8, 4) is 0 Å². The van der Waals surface area contributed by atoms with Gasteiger partial charge in [0.05, 0.1) is 0 Å². The second kappa shape index (κ2) is 3.77. The number of hydrogen-bond donors (Lipinski definition) is 1. The lowest BCUT2D eigenvalue weighted by Crippen LogP contribution is -1.90. The first kappa shape index (κ1) is 8.60. The molecule has 0 aliphatic rings. The van der Waals surface area contributed by atoms with E-state index in [0.717, 1.165) is 16.8 Å². The summed E-state index contributed by atoms with van der Waals surface area (Å²) in [7, 11) is 0. The van der Waals surface area contributed by atoms with Gasteiger partial charge in [-0.3, -0.25) is 0 Å². The summed E-state index contributed by atoms with van der Waals surface area (Å²) in [6, 6.07) is 8.02. The predicted octanol–water partition coefficient (Wildman–Crippen LogP) is 3.28. The van der Waals surface area contributed by atoms with Crippen LogP contribution in [-0.2, 0) is 0 Å². The topological polar surface area (TPSA) is 12.0 Å². The van der Waals surface area contributed by atoms with Gasteiger partial charge in [0, 0.05) is 11.3 Å². The van der Waals surface area contributed by atoms with E-state index in [1.807, 2.05) is 31.2 Å². The number of para-hydroxylation sites is 1. The first-order valence-corrected chi connectivity index (χ1v) is 3.88. The lowest BCUT2D eigenvalue weighted by atomic mass is 10.1. The zero-order valence-electron chi connectivity index (χ0n) is 7.30. The summed E-state index contributed by atoms with van der Waals surface area (Å²) >= 11 is 0. The van der Waals surface area contributed by atoms with Gasteiger partial charge >= 0.3 is 0 Å². The zero-order valence-corrected chi connectivity index (χ0v) is 7.30. The standard InChI is InChI=1S/C11H13N/c1-4-12-11-8-6-5-7-10(11)9(2)3/h4-8,12H,1-2H2,3H3. The maximum absolute atomic E-state index is 3.89. The fourth-order valence-electron chi connectivity index (χ4n) is 1.09. The number of rotatable bonds is 3. The van der Waals surface area contributed by atoms with Crippen molar-refractivity contribution >= 4 is 11.3 Å². The molecule has 1 N–H and O–H groups in total. The molecule has 0 heterocycles. The Balaban J connectivity index is 3.07. The lowest BCUT2D eigenvalue weighted by Gasteiger charge is -2.07. The van der Waals surface area contributed by atoms with Crippen LogP contribution in [0.3, 0.4) is 0 Å². The van der Waals surface area contributed by atoms with Crippen molar-refractivity contribution in [3.05, 3.63) is 49.2 Å². The quantitative estimate of drug-likeness (QED) is 0.713. The minimum absolute atomic E-state index is 1.06. The van der Waals surface area contributed by atoms with Crippen molar-refractivity contribution < 1.29 is 0 Å². The van der Waals surface area contributed by atoms with Gasteiger partial charge in [-0.2, -0.15) is 0 Å². The summed E-state index contributed by atoms with van der Waals surface area (Å²) in [6.07, 6.45) is 1.67. The average molecular weight is 159 g/mol. The fourth-order valence-corrected chi connectivity index (χ4v) is 1.09. The Hall–Kier alpha value is -1.50. The molecule has 1 aromatic carbocycles. The van der Waals surface area contributed by atoms with E-state index < -0.39 is 0 Å². The zero-order chi connectivity index (χ0) is 8.97. The third-order valence-corrected chi connectivity index (χ3v) is 1.64. The van der Waals surface area contributed by atoms with Crippen LogP contribution in [-0.4, -0.2) is 0 Å². The smallest absolute Gasteiger partial charge is 0.0455 e. The normalized spacial score (nSPS) is 9.08. The van der Waals surface area contributed by atoms with Crippen molar-refractivity contribution in [2.24, 2.45) is 0 Å². The Morgan fingerprint density at radius 3 is 2.67 bits per heavy atom. The van der Waals surface area contributed by atoms with Crippen LogP contribution in [0, 0.1) is 0 Å². The van der Waals surface area contributed by atoms with Crippen LogP contribution in [0.4, 0.5) is 5.69 Å². The van der Waals surface area contributed by atoms with Crippen LogP contribution in [0.25, 0.3) is 5.57 Å². The molecule has 0 amide bonds. The van der Waals surface area contributed by atoms with E-state index in [0.29, 0.717) is 0 Å². The Labute approximate surface area is 73.4 Å². The minimum Gasteiger partial charge on any atom is -0.362 e. The molecule has 0 saturated heterocycles. The van der Waals surface area contributed by atoms with Crippen molar-refractivity contribution in [2.75, 3.05) is 5.32 Å². The predicted molar refractivity (Wildman–Crippen MR) is 55.0 cm³/mol. The number of anilines is 1. The first-order valence-electron chi connectivity index (χ1n) is 3.88. The molecule has 1 rings (SSSR count). The molecule has 12 heavy (non-hydrogen) atoms. The van der Waals surface area contributed by atoms with Gasteiger partial charge in [-0.15, -0.1) is 0 Å². The number of nitrogens with one attached hydrogen (secondary N) is 1. The maximum Gasteiger partial charge on any atom is 0.0455 e. The van der Waals surface area contributed by atoms with E-state index >= 15 is 0 Å². The number of allylic oxidation sites excluding steroid dienone is 1. The van der Waals surface area contributed by atoms with Gasteiger partial charge in [-0.1, -0.05) is 31.4 Å². The molecule has 0 radical (unpaired) electrons. The molecule has 0 saturated carbocycles. The molecule has 0 unspecified atom stereocenters. The van der Waals surface area contributed by atoms with E-state index in [-0.39, 0.29) is 0 Å². The molecular weight excluding hydrogens is 146 g/mol. The highest BCUT2D eigenvalue weighted by Crippen LogP contribution is 2.21. The second-order valence-corrected chi connectivity index (χ2v) is 2.67. The van der Waals surface area contributed by atoms with Crippen LogP contribution in [0.15, 0.2) is 43.6 Å². The first-order chi connectivity index (χ1) is 5.75. The summed E-state index contributed by atoms with van der Waals surface area (Å²) in [5.41, 5.74) is 3.25. The largest absolute Gasteiger partial charge is 0.362 e. The molecule has 1 nitrogen and oxygen atoms in total. The van der Waals surface area contributed by atoms with Gasteiger partial charge in [0.25, 0.3) is 0 Å². The van der Waals surface area contributed by atoms with Gasteiger partial charge in [0.15, 0.2) is 0 Å². The van der Waals surface area contributed by atoms with Crippen molar-refractivity contribution in [2.45, 2.75) is 6.92 Å². The molecule has 0 aromatic heterocycles. The van der Waals surface area contributed by atoms with Gasteiger partial charge in [-0.25, -0.2) is 0 Å². The molecule has 1 heteroatoms. The fraction of sp³-hybridized carbons (Fsp3) is 0.0909. The van der Waals surface area contributed by atoms with Gasteiger partial charge < -0.3 is 5.32 Å². The average Bonchev–Trinajstić information content (AvgIpc) is 2.05. The van der Waals surface area contributed by atoms with Crippen molar-refractivity contribution in [3.63, 3.8) is 0 Å². The monoisotopic (exact) mass is 159 g/mol. The number of hydrogen-bond acceptors (Lipinski definition) is 1. The van der Waals surface area contributed by atoms with Crippen LogP contribution >= 0.6 is 0 Å². The lowest BCUT2D eigenvalue weighted by molar-refractivity contribution is 1.52. The summed E-state index contributed by atoms with van der Waals surface area (Å²) in [5, 5.41) is 3.06. The molecule has 0 aliphatic carbocycles. The molecule has 0 spiro atoms. The summed E-state index contributed by atoms with van der Waals surface area (Å²) in [5.74, 6) is 0. The molecule has 0 aliphatic heterocycles. The van der Waals surface area contributed by atoms with Crippen LogP contribution < -0.4 is 5.32 Å². The van der Waals surface area contributed by atoms with E-state index in [9.17, 15) is 0 Å². The molecule has 62 valence electrons. The molecule has 1 aromatic rings. The van der Waals surface area contributed by atoms with Gasteiger partial charge in [0.1, 0.15) is 0 Å². The molecule has 0 bridgehead atoms. The molecular formula is C11H13N.